The van der Waals surface area contributed by atoms with E-state index in [9.17, 15) is 4.79 Å². The van der Waals surface area contributed by atoms with E-state index in [2.05, 4.69) is 50.4 Å². The molecule has 1 N–H and O–H groups in total. The Morgan fingerprint density at radius 3 is 2.44 bits per heavy atom. The number of anilines is 1. The molecule has 1 fully saturated rings. The van der Waals surface area contributed by atoms with Gasteiger partial charge >= 0.3 is 0 Å². The summed E-state index contributed by atoms with van der Waals surface area (Å²) in [6, 6.07) is 16.1. The summed E-state index contributed by atoms with van der Waals surface area (Å²) >= 11 is 3.39. The van der Waals surface area contributed by atoms with Crippen LogP contribution in [0.1, 0.15) is 11.1 Å². The van der Waals surface area contributed by atoms with Gasteiger partial charge in [-0.05, 0) is 41.5 Å². The largest absolute Gasteiger partial charge is 0.378 e. The first kappa shape index (κ1) is 17.7. The molecule has 3 rings (SSSR count). The number of ether oxygens (including phenoxy) is 1. The van der Waals surface area contributed by atoms with Crippen LogP contribution < -0.4 is 10.2 Å². The van der Waals surface area contributed by atoms with Crippen molar-refractivity contribution in [2.75, 3.05) is 31.2 Å². The van der Waals surface area contributed by atoms with Crippen molar-refractivity contribution >= 4 is 33.6 Å². The third-order valence-electron chi connectivity index (χ3n) is 4.08. The highest BCUT2D eigenvalue weighted by molar-refractivity contribution is 9.10. The van der Waals surface area contributed by atoms with Crippen LogP contribution in [0.3, 0.4) is 0 Å². The van der Waals surface area contributed by atoms with Crippen molar-refractivity contribution in [3.8, 4) is 0 Å². The molecule has 1 aliphatic rings. The molecule has 0 radical (unpaired) electrons. The number of morpholine rings is 1. The van der Waals surface area contributed by atoms with Crippen molar-refractivity contribution < 1.29 is 9.53 Å². The smallest absolute Gasteiger partial charge is 0.244 e. The van der Waals surface area contributed by atoms with Gasteiger partial charge in [0.25, 0.3) is 0 Å². The van der Waals surface area contributed by atoms with Gasteiger partial charge in [0.1, 0.15) is 0 Å². The number of amides is 1. The zero-order valence-electron chi connectivity index (χ0n) is 14.0. The Bertz CT molecular complexity index is 720. The molecule has 0 unspecified atom stereocenters. The minimum atomic E-state index is -0.0971. The number of benzene rings is 2. The highest BCUT2D eigenvalue weighted by Crippen LogP contribution is 2.16. The molecule has 0 atom stereocenters. The van der Waals surface area contributed by atoms with Crippen LogP contribution in [0, 0.1) is 0 Å². The van der Waals surface area contributed by atoms with Crippen molar-refractivity contribution in [3.05, 3.63) is 70.2 Å². The van der Waals surface area contributed by atoms with E-state index in [-0.39, 0.29) is 5.91 Å². The van der Waals surface area contributed by atoms with E-state index in [0.29, 0.717) is 6.54 Å². The van der Waals surface area contributed by atoms with Gasteiger partial charge in [-0.2, -0.15) is 0 Å². The van der Waals surface area contributed by atoms with Crippen molar-refractivity contribution in [1.82, 2.24) is 5.32 Å². The molecular formula is C20H21BrN2O2. The van der Waals surface area contributed by atoms with E-state index < -0.39 is 0 Å². The molecule has 1 heterocycles. The summed E-state index contributed by atoms with van der Waals surface area (Å²) < 4.78 is 6.40. The number of carbonyl (C=O) groups is 1. The molecule has 0 spiro atoms. The maximum atomic E-state index is 11.9. The van der Waals surface area contributed by atoms with Crippen LogP contribution in [0.4, 0.5) is 5.69 Å². The predicted octanol–water partition coefficient (Wildman–Crippen LogP) is 3.62. The summed E-state index contributed by atoms with van der Waals surface area (Å²) in [6.07, 6.45) is 3.37. The Kier molecular flexibility index (Phi) is 6.25. The van der Waals surface area contributed by atoms with Gasteiger partial charge in [0.2, 0.25) is 5.91 Å². The predicted molar refractivity (Wildman–Crippen MR) is 104 cm³/mol. The van der Waals surface area contributed by atoms with Gasteiger partial charge < -0.3 is 15.0 Å². The Balaban J connectivity index is 1.49. The molecule has 0 saturated carbocycles. The van der Waals surface area contributed by atoms with Gasteiger partial charge in [0.15, 0.2) is 0 Å². The highest BCUT2D eigenvalue weighted by atomic mass is 79.9. The Labute approximate surface area is 156 Å². The molecule has 0 aromatic heterocycles. The summed E-state index contributed by atoms with van der Waals surface area (Å²) in [5.74, 6) is -0.0971. The summed E-state index contributed by atoms with van der Waals surface area (Å²) in [4.78, 5) is 14.3. The maximum absolute atomic E-state index is 11.9. The average molecular weight is 401 g/mol. The molecule has 1 saturated heterocycles. The highest BCUT2D eigenvalue weighted by Gasteiger charge is 2.10. The van der Waals surface area contributed by atoms with Gasteiger partial charge in [-0.1, -0.05) is 40.2 Å². The second kappa shape index (κ2) is 8.83. The van der Waals surface area contributed by atoms with Crippen LogP contribution in [-0.4, -0.2) is 32.2 Å². The third kappa shape index (κ3) is 5.44. The number of nitrogens with one attached hydrogen (secondary N) is 1. The van der Waals surface area contributed by atoms with Crippen LogP contribution in [0.2, 0.25) is 0 Å². The third-order valence-corrected chi connectivity index (χ3v) is 4.61. The van der Waals surface area contributed by atoms with Crippen LogP contribution in [0.15, 0.2) is 59.1 Å². The summed E-state index contributed by atoms with van der Waals surface area (Å²) in [6.45, 7) is 3.94. The first-order chi connectivity index (χ1) is 12.2. The fourth-order valence-corrected chi connectivity index (χ4v) is 2.90. The minimum Gasteiger partial charge on any atom is -0.378 e. The van der Waals surface area contributed by atoms with Crippen LogP contribution in [0.5, 0.6) is 0 Å². The van der Waals surface area contributed by atoms with E-state index in [4.69, 9.17) is 4.74 Å². The first-order valence-electron chi connectivity index (χ1n) is 8.34. The van der Waals surface area contributed by atoms with Gasteiger partial charge in [-0.15, -0.1) is 0 Å². The molecule has 5 heteroatoms. The lowest BCUT2D eigenvalue weighted by molar-refractivity contribution is -0.116. The molecule has 2 aromatic rings. The first-order valence-corrected chi connectivity index (χ1v) is 9.13. The molecule has 0 aliphatic carbocycles. The Morgan fingerprint density at radius 2 is 1.76 bits per heavy atom. The monoisotopic (exact) mass is 400 g/mol. The molecule has 0 bridgehead atoms. The van der Waals surface area contributed by atoms with E-state index in [0.717, 1.165) is 41.9 Å². The lowest BCUT2D eigenvalue weighted by Crippen LogP contribution is -2.36. The van der Waals surface area contributed by atoms with E-state index in [1.54, 1.807) is 6.08 Å². The second-order valence-corrected chi connectivity index (χ2v) is 6.78. The molecule has 1 amide bonds. The minimum absolute atomic E-state index is 0.0971. The number of hydrogen-bond acceptors (Lipinski definition) is 3. The van der Waals surface area contributed by atoms with Crippen molar-refractivity contribution in [1.29, 1.82) is 0 Å². The van der Waals surface area contributed by atoms with Gasteiger partial charge in [-0.25, -0.2) is 0 Å². The second-order valence-electron chi connectivity index (χ2n) is 5.87. The lowest BCUT2D eigenvalue weighted by atomic mass is 10.2. The molecule has 2 aromatic carbocycles. The summed E-state index contributed by atoms with van der Waals surface area (Å²) in [5.41, 5.74) is 3.28. The van der Waals surface area contributed by atoms with E-state index in [1.165, 1.54) is 5.69 Å². The average Bonchev–Trinajstić information content (AvgIpc) is 2.67. The normalized spacial score (nSPS) is 14.7. The fourth-order valence-electron chi connectivity index (χ4n) is 2.64. The lowest BCUT2D eigenvalue weighted by Gasteiger charge is -2.28. The van der Waals surface area contributed by atoms with Crippen molar-refractivity contribution in [2.24, 2.45) is 0 Å². The van der Waals surface area contributed by atoms with Crippen LogP contribution in [0.25, 0.3) is 6.08 Å². The molecule has 130 valence electrons. The van der Waals surface area contributed by atoms with Crippen molar-refractivity contribution in [3.63, 3.8) is 0 Å². The van der Waals surface area contributed by atoms with Crippen LogP contribution >= 0.6 is 15.9 Å². The number of rotatable bonds is 5. The Hall–Kier alpha value is -2.11. The summed E-state index contributed by atoms with van der Waals surface area (Å²) in [5, 5.41) is 2.91. The van der Waals surface area contributed by atoms with E-state index in [1.807, 2.05) is 30.3 Å². The number of nitrogens with zero attached hydrogens (tertiary/aromatic N) is 1. The van der Waals surface area contributed by atoms with Gasteiger partial charge in [0, 0.05) is 35.9 Å². The van der Waals surface area contributed by atoms with E-state index >= 15 is 0 Å². The number of carbonyl (C=O) groups excluding carboxylic acids is 1. The number of hydrogen-bond donors (Lipinski definition) is 1. The van der Waals surface area contributed by atoms with Crippen molar-refractivity contribution in [2.45, 2.75) is 6.54 Å². The molecular weight excluding hydrogens is 380 g/mol. The standard InChI is InChI=1S/C20H21BrN2O2/c21-18-6-1-16(2-7-18)5-10-20(24)22-15-17-3-8-19(9-4-17)23-11-13-25-14-12-23/h1-10H,11-15H2,(H,22,24)/b10-5-. The summed E-state index contributed by atoms with van der Waals surface area (Å²) in [7, 11) is 0. The van der Waals surface area contributed by atoms with Crippen LogP contribution in [-0.2, 0) is 16.1 Å². The molecule has 25 heavy (non-hydrogen) atoms. The quantitative estimate of drug-likeness (QED) is 0.779. The van der Waals surface area contributed by atoms with Gasteiger partial charge in [0.05, 0.1) is 13.2 Å². The SMILES string of the molecule is O=C(/C=C\c1ccc(Br)cc1)NCc1ccc(N2CCOCC2)cc1. The van der Waals surface area contributed by atoms with Gasteiger partial charge in [-0.3, -0.25) is 4.79 Å². The zero-order chi connectivity index (χ0) is 17.5. The Morgan fingerprint density at radius 1 is 1.08 bits per heavy atom. The topological polar surface area (TPSA) is 41.6 Å². The zero-order valence-corrected chi connectivity index (χ0v) is 15.5. The maximum Gasteiger partial charge on any atom is 0.244 e. The molecule has 1 aliphatic heterocycles. The fraction of sp³-hybridized carbons (Fsp3) is 0.250. The number of halogens is 1. The molecule has 4 nitrogen and oxygen atoms in total.